The van der Waals surface area contributed by atoms with Crippen LogP contribution >= 0.6 is 0 Å². The zero-order valence-corrected chi connectivity index (χ0v) is 9.08. The maximum absolute atomic E-state index is 5.70. The molecule has 0 spiro atoms. The van der Waals surface area contributed by atoms with Crippen molar-refractivity contribution in [3.63, 3.8) is 0 Å². The Kier molecular flexibility index (Phi) is 2.58. The molecule has 1 N–H and O–H groups in total. The third-order valence-corrected chi connectivity index (χ3v) is 2.13. The first-order chi connectivity index (χ1) is 7.16. The number of nitrogens with zero attached hydrogens (tertiary/aromatic N) is 2. The Bertz CT molecular complexity index is 402. The van der Waals surface area contributed by atoms with Crippen molar-refractivity contribution in [3.05, 3.63) is 30.0 Å². The van der Waals surface area contributed by atoms with Crippen molar-refractivity contribution >= 4 is 5.90 Å². The Morgan fingerprint density at radius 1 is 1.67 bits per heavy atom. The molecule has 0 aromatic carbocycles. The highest BCUT2D eigenvalue weighted by Crippen LogP contribution is 2.25. The number of allylic oxidation sites excluding steroid dienone is 1. The quantitative estimate of drug-likeness (QED) is 0.607. The van der Waals surface area contributed by atoms with E-state index in [1.54, 1.807) is 6.33 Å². The fourth-order valence-corrected chi connectivity index (χ4v) is 1.23. The molecule has 2 rings (SSSR count). The zero-order chi connectivity index (χ0) is 10.8. The van der Waals surface area contributed by atoms with Crippen LogP contribution in [0, 0.1) is 6.92 Å². The largest absolute Gasteiger partial charge is 0.473 e. The number of aliphatic imine (C=N–C) groups is 1. The summed E-state index contributed by atoms with van der Waals surface area (Å²) in [5.41, 5.74) is 2.48. The summed E-state index contributed by atoms with van der Waals surface area (Å²) >= 11 is 0. The van der Waals surface area contributed by atoms with Gasteiger partial charge in [-0.25, -0.2) is 9.98 Å². The van der Waals surface area contributed by atoms with Crippen LogP contribution in [0.25, 0.3) is 0 Å². The van der Waals surface area contributed by atoms with Crippen molar-refractivity contribution in [2.24, 2.45) is 4.99 Å². The molecule has 1 aliphatic carbocycles. The molecule has 1 aliphatic rings. The second-order valence-corrected chi connectivity index (χ2v) is 3.85. The van der Waals surface area contributed by atoms with E-state index in [-0.39, 0.29) is 0 Å². The number of nitrogens with one attached hydrogen (secondary N) is 1. The van der Waals surface area contributed by atoms with Crippen molar-refractivity contribution in [1.82, 2.24) is 9.97 Å². The van der Waals surface area contributed by atoms with Crippen molar-refractivity contribution in [1.29, 1.82) is 0 Å². The SMILES string of the molecule is C=C(C)N=C(OC1CC1)c1nc[nH]c1C. The number of ether oxygens (including phenoxy) is 1. The van der Waals surface area contributed by atoms with Gasteiger partial charge in [0.25, 0.3) is 0 Å². The molecule has 0 unspecified atom stereocenters. The first-order valence-electron chi connectivity index (χ1n) is 5.08. The zero-order valence-electron chi connectivity index (χ0n) is 9.08. The Labute approximate surface area is 89.1 Å². The van der Waals surface area contributed by atoms with E-state index in [0.29, 0.717) is 12.0 Å². The second kappa shape index (κ2) is 3.88. The maximum atomic E-state index is 5.70. The minimum absolute atomic E-state index is 0.319. The van der Waals surface area contributed by atoms with Gasteiger partial charge in [0.1, 0.15) is 11.8 Å². The molecular formula is C11H15N3O. The van der Waals surface area contributed by atoms with Gasteiger partial charge in [-0.1, -0.05) is 6.58 Å². The topological polar surface area (TPSA) is 50.3 Å². The van der Waals surface area contributed by atoms with Gasteiger partial charge < -0.3 is 9.72 Å². The summed E-state index contributed by atoms with van der Waals surface area (Å²) in [7, 11) is 0. The summed E-state index contributed by atoms with van der Waals surface area (Å²) in [5.74, 6) is 0.587. The van der Waals surface area contributed by atoms with Crippen LogP contribution in [0.4, 0.5) is 0 Å². The van der Waals surface area contributed by atoms with Gasteiger partial charge >= 0.3 is 0 Å². The molecule has 1 aromatic rings. The van der Waals surface area contributed by atoms with E-state index in [2.05, 4.69) is 21.5 Å². The van der Waals surface area contributed by atoms with Gasteiger partial charge in [-0.05, 0) is 26.7 Å². The normalized spacial score (nSPS) is 16.5. The minimum Gasteiger partial charge on any atom is -0.473 e. The average Bonchev–Trinajstić information content (AvgIpc) is 2.86. The highest BCUT2D eigenvalue weighted by Gasteiger charge is 2.26. The average molecular weight is 205 g/mol. The molecule has 0 saturated heterocycles. The van der Waals surface area contributed by atoms with Crippen LogP contribution in [0.3, 0.4) is 0 Å². The van der Waals surface area contributed by atoms with Gasteiger partial charge in [-0.2, -0.15) is 0 Å². The Hall–Kier alpha value is -1.58. The number of aromatic nitrogens is 2. The molecule has 0 radical (unpaired) electrons. The lowest BCUT2D eigenvalue weighted by Gasteiger charge is -2.06. The molecule has 0 amide bonds. The van der Waals surface area contributed by atoms with Gasteiger partial charge in [-0.3, -0.25) is 0 Å². The van der Waals surface area contributed by atoms with E-state index < -0.39 is 0 Å². The molecule has 0 aliphatic heterocycles. The highest BCUT2D eigenvalue weighted by atomic mass is 16.5. The number of hydrogen-bond acceptors (Lipinski definition) is 3. The van der Waals surface area contributed by atoms with Crippen molar-refractivity contribution < 1.29 is 4.74 Å². The molecule has 0 bridgehead atoms. The van der Waals surface area contributed by atoms with Gasteiger partial charge in [0, 0.05) is 11.4 Å². The molecule has 4 nitrogen and oxygen atoms in total. The van der Waals surface area contributed by atoms with Crippen molar-refractivity contribution in [3.8, 4) is 0 Å². The molecule has 15 heavy (non-hydrogen) atoms. The summed E-state index contributed by atoms with van der Waals surface area (Å²) in [6.45, 7) is 7.55. The molecule has 1 heterocycles. The molecule has 1 saturated carbocycles. The first-order valence-corrected chi connectivity index (χ1v) is 5.08. The summed E-state index contributed by atoms with van der Waals surface area (Å²) in [6.07, 6.45) is 4.19. The van der Waals surface area contributed by atoms with Crippen LogP contribution in [0.1, 0.15) is 31.2 Å². The fraction of sp³-hybridized carbons (Fsp3) is 0.455. The summed E-state index contributed by atoms with van der Waals surface area (Å²) in [4.78, 5) is 11.5. The standard InChI is InChI=1S/C11H15N3O/c1-7(2)14-11(15-9-4-5-9)10-8(3)12-6-13-10/h6,9H,1,4-5H2,2-3H3,(H,12,13). The van der Waals surface area contributed by atoms with E-state index in [1.807, 2.05) is 13.8 Å². The first kappa shape index (κ1) is 9.96. The van der Waals surface area contributed by atoms with E-state index in [4.69, 9.17) is 4.74 Å². The van der Waals surface area contributed by atoms with Crippen molar-refractivity contribution in [2.45, 2.75) is 32.8 Å². The molecule has 1 aromatic heterocycles. The fourth-order valence-electron chi connectivity index (χ4n) is 1.23. The van der Waals surface area contributed by atoms with Crippen LogP contribution in [0.15, 0.2) is 23.6 Å². The third kappa shape index (κ3) is 2.46. The van der Waals surface area contributed by atoms with Crippen LogP contribution in [-0.2, 0) is 4.74 Å². The van der Waals surface area contributed by atoms with E-state index in [1.165, 1.54) is 0 Å². The lowest BCUT2D eigenvalue weighted by atomic mass is 10.3. The number of imidazole rings is 1. The predicted molar refractivity (Wildman–Crippen MR) is 58.8 cm³/mol. The van der Waals surface area contributed by atoms with Gasteiger partial charge in [-0.15, -0.1) is 0 Å². The van der Waals surface area contributed by atoms with Crippen LogP contribution in [0.2, 0.25) is 0 Å². The Morgan fingerprint density at radius 3 is 2.87 bits per heavy atom. The molecule has 0 atom stereocenters. The Morgan fingerprint density at radius 2 is 2.40 bits per heavy atom. The number of hydrogen-bond donors (Lipinski definition) is 1. The minimum atomic E-state index is 0.319. The van der Waals surface area contributed by atoms with Crippen LogP contribution in [0.5, 0.6) is 0 Å². The van der Waals surface area contributed by atoms with Gasteiger partial charge in [0.15, 0.2) is 0 Å². The third-order valence-electron chi connectivity index (χ3n) is 2.13. The van der Waals surface area contributed by atoms with E-state index in [9.17, 15) is 0 Å². The summed E-state index contributed by atoms with van der Waals surface area (Å²) in [6, 6.07) is 0. The Balaban J connectivity index is 2.24. The van der Waals surface area contributed by atoms with E-state index in [0.717, 1.165) is 29.9 Å². The van der Waals surface area contributed by atoms with Crippen LogP contribution < -0.4 is 0 Å². The highest BCUT2D eigenvalue weighted by molar-refractivity contribution is 5.94. The van der Waals surface area contributed by atoms with Crippen LogP contribution in [-0.4, -0.2) is 22.0 Å². The smallest absolute Gasteiger partial charge is 0.242 e. The number of rotatable bonds is 3. The predicted octanol–water partition coefficient (Wildman–Crippen LogP) is 2.18. The number of H-pyrrole nitrogens is 1. The second-order valence-electron chi connectivity index (χ2n) is 3.85. The van der Waals surface area contributed by atoms with E-state index >= 15 is 0 Å². The molecule has 80 valence electrons. The lowest BCUT2D eigenvalue weighted by molar-refractivity contribution is 0.289. The summed E-state index contributed by atoms with van der Waals surface area (Å²) < 4.78 is 5.70. The lowest BCUT2D eigenvalue weighted by Crippen LogP contribution is -2.10. The van der Waals surface area contributed by atoms with Crippen molar-refractivity contribution in [2.75, 3.05) is 0 Å². The monoisotopic (exact) mass is 205 g/mol. The van der Waals surface area contributed by atoms with Gasteiger partial charge in [0.05, 0.1) is 6.33 Å². The van der Waals surface area contributed by atoms with Gasteiger partial charge in [0.2, 0.25) is 5.90 Å². The molecule has 1 fully saturated rings. The maximum Gasteiger partial charge on any atom is 0.242 e. The summed E-state index contributed by atoms with van der Waals surface area (Å²) in [5, 5.41) is 0. The number of aromatic amines is 1. The molecule has 4 heteroatoms. The number of aryl methyl sites for hydroxylation is 1. The molecular weight excluding hydrogens is 190 g/mol.